The van der Waals surface area contributed by atoms with Crippen LogP contribution in [0.3, 0.4) is 0 Å². The van der Waals surface area contributed by atoms with Crippen LogP contribution in [0, 0.1) is 16.0 Å². The molecule has 0 aliphatic carbocycles. The first-order valence-corrected chi connectivity index (χ1v) is 5.08. The fourth-order valence-electron chi connectivity index (χ4n) is 1.13. The van der Waals surface area contributed by atoms with Gasteiger partial charge in [-0.1, -0.05) is 13.3 Å². The van der Waals surface area contributed by atoms with E-state index in [2.05, 4.69) is 24.7 Å². The maximum absolute atomic E-state index is 10.4. The lowest BCUT2D eigenvalue weighted by atomic mass is 10.1. The fraction of sp³-hybridized carbons (Fsp3) is 0.625. The topological polar surface area (TPSA) is 61.0 Å². The molecule has 0 amide bonds. The second-order valence-corrected chi connectivity index (χ2v) is 3.50. The van der Waals surface area contributed by atoms with Crippen molar-refractivity contribution in [1.29, 1.82) is 0 Å². The minimum Gasteiger partial charge on any atom is -0.265 e. The molecule has 1 heterocycles. The molecule has 1 aromatic rings. The van der Waals surface area contributed by atoms with Gasteiger partial charge in [0.15, 0.2) is 0 Å². The highest BCUT2D eigenvalue weighted by atomic mass is 32.1. The molecular formula is C8H13N3O2S. The SMILES string of the molecule is CCC(CS)Cn1cc([N+](=O)[O-])cn1. The Hall–Kier alpha value is -1.04. The summed E-state index contributed by atoms with van der Waals surface area (Å²) in [5, 5.41) is 14.3. The molecule has 0 aliphatic rings. The average Bonchev–Trinajstić information content (AvgIpc) is 2.62. The number of hydrogen-bond donors (Lipinski definition) is 1. The van der Waals surface area contributed by atoms with Crippen molar-refractivity contribution >= 4 is 18.3 Å². The first-order chi connectivity index (χ1) is 6.67. The highest BCUT2D eigenvalue weighted by Gasteiger charge is 2.11. The molecule has 0 N–H and O–H groups in total. The van der Waals surface area contributed by atoms with E-state index in [1.165, 1.54) is 12.4 Å². The lowest BCUT2D eigenvalue weighted by Crippen LogP contribution is -2.11. The first-order valence-electron chi connectivity index (χ1n) is 4.45. The Morgan fingerprint density at radius 2 is 2.50 bits per heavy atom. The number of aromatic nitrogens is 2. The fourth-order valence-corrected chi connectivity index (χ4v) is 1.50. The van der Waals surface area contributed by atoms with Crippen molar-refractivity contribution < 1.29 is 4.92 Å². The lowest BCUT2D eigenvalue weighted by molar-refractivity contribution is -0.385. The monoisotopic (exact) mass is 215 g/mol. The molecule has 0 saturated heterocycles. The zero-order valence-electron chi connectivity index (χ0n) is 7.96. The van der Waals surface area contributed by atoms with Crippen molar-refractivity contribution in [3.8, 4) is 0 Å². The number of thiol groups is 1. The highest BCUT2D eigenvalue weighted by molar-refractivity contribution is 7.80. The van der Waals surface area contributed by atoms with Gasteiger partial charge in [0.25, 0.3) is 0 Å². The second kappa shape index (κ2) is 4.99. The largest absolute Gasteiger partial charge is 0.306 e. The van der Waals surface area contributed by atoms with E-state index in [1.54, 1.807) is 4.68 Å². The summed E-state index contributed by atoms with van der Waals surface area (Å²) in [6.07, 6.45) is 3.72. The minimum atomic E-state index is -0.439. The molecule has 1 aromatic heterocycles. The van der Waals surface area contributed by atoms with Gasteiger partial charge in [0.1, 0.15) is 12.4 Å². The third-order valence-electron chi connectivity index (χ3n) is 2.11. The summed E-state index contributed by atoms with van der Waals surface area (Å²) in [6, 6.07) is 0. The van der Waals surface area contributed by atoms with Gasteiger partial charge in [-0.15, -0.1) is 0 Å². The summed E-state index contributed by atoms with van der Waals surface area (Å²) in [5.41, 5.74) is 0.0408. The summed E-state index contributed by atoms with van der Waals surface area (Å²) in [4.78, 5) is 9.94. The highest BCUT2D eigenvalue weighted by Crippen LogP contribution is 2.12. The van der Waals surface area contributed by atoms with Crippen LogP contribution in [0.1, 0.15) is 13.3 Å². The Morgan fingerprint density at radius 3 is 2.93 bits per heavy atom. The summed E-state index contributed by atoms with van der Waals surface area (Å²) in [6.45, 7) is 2.76. The third-order valence-corrected chi connectivity index (χ3v) is 2.63. The van der Waals surface area contributed by atoms with Gasteiger partial charge in [0.2, 0.25) is 0 Å². The average molecular weight is 215 g/mol. The van der Waals surface area contributed by atoms with E-state index in [0.717, 1.165) is 12.2 Å². The molecule has 1 atom stereocenters. The van der Waals surface area contributed by atoms with E-state index in [1.807, 2.05) is 0 Å². The van der Waals surface area contributed by atoms with Gasteiger partial charge in [-0.2, -0.15) is 17.7 Å². The van der Waals surface area contributed by atoms with Gasteiger partial charge in [0, 0.05) is 6.54 Å². The van der Waals surface area contributed by atoms with E-state index < -0.39 is 4.92 Å². The predicted molar refractivity (Wildman–Crippen MR) is 56.5 cm³/mol. The molecule has 0 bridgehead atoms. The quantitative estimate of drug-likeness (QED) is 0.462. The Bertz CT molecular complexity index is 309. The second-order valence-electron chi connectivity index (χ2n) is 3.13. The van der Waals surface area contributed by atoms with Crippen molar-refractivity contribution in [3.63, 3.8) is 0 Å². The number of hydrogen-bond acceptors (Lipinski definition) is 4. The third kappa shape index (κ3) is 2.73. The molecule has 1 unspecified atom stereocenters. The predicted octanol–water partition coefficient (Wildman–Crippen LogP) is 1.75. The Labute approximate surface area is 87.7 Å². The van der Waals surface area contributed by atoms with E-state index in [0.29, 0.717) is 12.5 Å². The molecule has 0 aliphatic heterocycles. The van der Waals surface area contributed by atoms with E-state index in [-0.39, 0.29) is 5.69 Å². The van der Waals surface area contributed by atoms with Crippen molar-refractivity contribution in [2.75, 3.05) is 5.75 Å². The van der Waals surface area contributed by atoms with Crippen LogP contribution in [0.4, 0.5) is 5.69 Å². The van der Waals surface area contributed by atoms with Crippen LogP contribution in [0.5, 0.6) is 0 Å². The molecule has 6 heteroatoms. The van der Waals surface area contributed by atoms with Crippen molar-refractivity contribution in [3.05, 3.63) is 22.5 Å². The van der Waals surface area contributed by atoms with Crippen LogP contribution in [0.2, 0.25) is 0 Å². The molecule has 14 heavy (non-hydrogen) atoms. The molecule has 0 aromatic carbocycles. The van der Waals surface area contributed by atoms with Gasteiger partial charge < -0.3 is 0 Å². The van der Waals surface area contributed by atoms with Crippen molar-refractivity contribution in [2.24, 2.45) is 5.92 Å². The molecule has 0 radical (unpaired) electrons. The zero-order chi connectivity index (χ0) is 10.6. The van der Waals surface area contributed by atoms with Crippen LogP contribution in [0.25, 0.3) is 0 Å². The molecule has 78 valence electrons. The minimum absolute atomic E-state index is 0.0408. The van der Waals surface area contributed by atoms with E-state index in [9.17, 15) is 10.1 Å². The van der Waals surface area contributed by atoms with E-state index >= 15 is 0 Å². The lowest BCUT2D eigenvalue weighted by Gasteiger charge is -2.10. The van der Waals surface area contributed by atoms with Crippen LogP contribution in [-0.2, 0) is 6.54 Å². The Balaban J connectivity index is 2.63. The van der Waals surface area contributed by atoms with Crippen LogP contribution in [-0.4, -0.2) is 20.5 Å². The van der Waals surface area contributed by atoms with Gasteiger partial charge in [0.05, 0.1) is 4.92 Å². The molecule has 0 spiro atoms. The molecule has 0 saturated carbocycles. The molecule has 1 rings (SSSR count). The summed E-state index contributed by atoms with van der Waals surface area (Å²) in [7, 11) is 0. The Morgan fingerprint density at radius 1 is 1.79 bits per heavy atom. The zero-order valence-corrected chi connectivity index (χ0v) is 8.85. The van der Waals surface area contributed by atoms with Gasteiger partial charge in [-0.3, -0.25) is 14.8 Å². The summed E-state index contributed by atoms with van der Waals surface area (Å²) < 4.78 is 1.60. The van der Waals surface area contributed by atoms with Crippen molar-refractivity contribution in [1.82, 2.24) is 9.78 Å². The number of rotatable bonds is 5. The normalized spacial score (nSPS) is 12.7. The van der Waals surface area contributed by atoms with Crippen LogP contribution in [0.15, 0.2) is 12.4 Å². The smallest absolute Gasteiger partial charge is 0.265 e. The summed E-state index contributed by atoms with van der Waals surface area (Å²) >= 11 is 4.20. The van der Waals surface area contributed by atoms with Gasteiger partial charge in [-0.25, -0.2) is 0 Å². The summed E-state index contributed by atoms with van der Waals surface area (Å²) in [5.74, 6) is 1.18. The van der Waals surface area contributed by atoms with Crippen LogP contribution < -0.4 is 0 Å². The number of nitrogens with zero attached hydrogens (tertiary/aromatic N) is 3. The number of nitro groups is 1. The first kappa shape index (κ1) is 11.0. The Kier molecular flexibility index (Phi) is 3.94. The maximum Gasteiger partial charge on any atom is 0.306 e. The van der Waals surface area contributed by atoms with Crippen molar-refractivity contribution in [2.45, 2.75) is 19.9 Å². The van der Waals surface area contributed by atoms with Gasteiger partial charge in [-0.05, 0) is 11.7 Å². The molecule has 0 fully saturated rings. The standard InChI is InChI=1S/C8H13N3O2S/c1-2-7(6-14)4-10-5-8(3-9-10)11(12)13/h3,5,7,14H,2,4,6H2,1H3. The van der Waals surface area contributed by atoms with E-state index in [4.69, 9.17) is 0 Å². The molecule has 5 nitrogen and oxygen atoms in total. The molecular weight excluding hydrogens is 202 g/mol. The van der Waals surface area contributed by atoms with Crippen LogP contribution >= 0.6 is 12.6 Å². The maximum atomic E-state index is 10.4. The van der Waals surface area contributed by atoms with Gasteiger partial charge >= 0.3 is 5.69 Å².